The number of hydrogen-bond acceptors (Lipinski definition) is 2. The van der Waals surface area contributed by atoms with Gasteiger partial charge in [-0.25, -0.2) is 0 Å². The minimum atomic E-state index is -0.366. The maximum atomic E-state index is 13.0. The van der Waals surface area contributed by atoms with Gasteiger partial charge < -0.3 is 0 Å². The molecule has 0 amide bonds. The van der Waals surface area contributed by atoms with Gasteiger partial charge in [0.15, 0.2) is 5.78 Å². The molecule has 0 radical (unpaired) electrons. The van der Waals surface area contributed by atoms with Gasteiger partial charge in [-0.05, 0) is 42.4 Å². The lowest BCUT2D eigenvalue weighted by molar-refractivity contribution is -0.121. The zero-order chi connectivity index (χ0) is 14.3. The highest BCUT2D eigenvalue weighted by molar-refractivity contribution is 8.00. The monoisotopic (exact) mass is 282 g/mol. The van der Waals surface area contributed by atoms with Crippen molar-refractivity contribution in [1.29, 1.82) is 0 Å². The number of thioether (sulfide) groups is 1. The van der Waals surface area contributed by atoms with Crippen LogP contribution in [-0.2, 0) is 4.79 Å². The zero-order valence-corrected chi connectivity index (χ0v) is 12.8. The molecule has 0 saturated heterocycles. The van der Waals surface area contributed by atoms with E-state index in [1.165, 1.54) is 11.1 Å². The molecule has 20 heavy (non-hydrogen) atoms. The van der Waals surface area contributed by atoms with E-state index in [-0.39, 0.29) is 10.7 Å². The van der Waals surface area contributed by atoms with Crippen molar-refractivity contribution in [1.82, 2.24) is 0 Å². The van der Waals surface area contributed by atoms with Gasteiger partial charge in [0, 0.05) is 0 Å². The Hall–Kier alpha value is -1.54. The number of fused-ring (bicyclic) bond motifs is 3. The predicted octanol–water partition coefficient (Wildman–Crippen LogP) is 4.51. The molecule has 0 spiro atoms. The van der Waals surface area contributed by atoms with Crippen LogP contribution in [0.4, 0.5) is 0 Å². The van der Waals surface area contributed by atoms with E-state index in [9.17, 15) is 4.79 Å². The van der Waals surface area contributed by atoms with E-state index in [1.807, 2.05) is 44.4 Å². The lowest BCUT2D eigenvalue weighted by Gasteiger charge is -2.25. The second kappa shape index (κ2) is 4.78. The molecule has 2 aromatic carbocycles. The lowest BCUT2D eigenvalue weighted by Crippen LogP contribution is -2.32. The van der Waals surface area contributed by atoms with Gasteiger partial charge in [-0.15, -0.1) is 0 Å². The molecule has 1 aliphatic rings. The molecule has 3 rings (SSSR count). The maximum Gasteiger partial charge on any atom is 0.160 e. The van der Waals surface area contributed by atoms with E-state index < -0.39 is 0 Å². The summed E-state index contributed by atoms with van der Waals surface area (Å²) in [5.74, 6) is 0.173. The third-order valence-electron chi connectivity index (χ3n) is 4.20. The summed E-state index contributed by atoms with van der Waals surface area (Å²) in [6, 6.07) is 16.6. The maximum absolute atomic E-state index is 13.0. The first-order valence-electron chi connectivity index (χ1n) is 6.84. The summed E-state index contributed by atoms with van der Waals surface area (Å²) in [6.07, 6.45) is 2.00. The largest absolute Gasteiger partial charge is 0.297 e. The first-order valence-corrected chi connectivity index (χ1v) is 8.06. The molecule has 102 valence electrons. The third-order valence-corrected chi connectivity index (χ3v) is 5.42. The molecule has 0 saturated carbocycles. The van der Waals surface area contributed by atoms with E-state index in [1.54, 1.807) is 11.8 Å². The van der Waals surface area contributed by atoms with Crippen molar-refractivity contribution in [3.63, 3.8) is 0 Å². The number of carbonyl (C=O) groups is 1. The smallest absolute Gasteiger partial charge is 0.160 e. The van der Waals surface area contributed by atoms with Gasteiger partial charge in [-0.1, -0.05) is 48.5 Å². The van der Waals surface area contributed by atoms with Crippen molar-refractivity contribution in [2.24, 2.45) is 0 Å². The van der Waals surface area contributed by atoms with Gasteiger partial charge in [-0.2, -0.15) is 11.8 Å². The number of rotatable bonds is 3. The van der Waals surface area contributed by atoms with Crippen LogP contribution in [0.1, 0.15) is 30.9 Å². The van der Waals surface area contributed by atoms with E-state index in [2.05, 4.69) is 24.3 Å². The van der Waals surface area contributed by atoms with Crippen molar-refractivity contribution in [2.45, 2.75) is 24.5 Å². The van der Waals surface area contributed by atoms with Crippen LogP contribution >= 0.6 is 11.8 Å². The minimum absolute atomic E-state index is 0.121. The van der Waals surface area contributed by atoms with Crippen LogP contribution in [0.3, 0.4) is 0 Å². The molecule has 0 atom stereocenters. The highest BCUT2D eigenvalue weighted by Gasteiger charge is 2.40. The quantitative estimate of drug-likeness (QED) is 0.824. The Morgan fingerprint density at radius 1 is 0.950 bits per heavy atom. The number of benzene rings is 2. The van der Waals surface area contributed by atoms with Crippen molar-refractivity contribution in [2.75, 3.05) is 6.26 Å². The Balaban J connectivity index is 2.19. The number of ketones is 1. The molecule has 0 heterocycles. The predicted molar refractivity (Wildman–Crippen MR) is 86.3 cm³/mol. The molecule has 1 aliphatic carbocycles. The van der Waals surface area contributed by atoms with Gasteiger partial charge in [-0.3, -0.25) is 4.79 Å². The van der Waals surface area contributed by atoms with Gasteiger partial charge in [0.05, 0.1) is 10.7 Å². The van der Waals surface area contributed by atoms with E-state index in [4.69, 9.17) is 0 Å². The molecule has 0 fully saturated rings. The fourth-order valence-corrected chi connectivity index (χ4v) is 3.21. The van der Waals surface area contributed by atoms with Crippen LogP contribution in [0, 0.1) is 0 Å². The molecule has 2 aromatic rings. The number of carbonyl (C=O) groups excluding carboxylic acids is 1. The Morgan fingerprint density at radius 3 is 1.85 bits per heavy atom. The second-order valence-electron chi connectivity index (χ2n) is 5.69. The Labute approximate surface area is 124 Å². The lowest BCUT2D eigenvalue weighted by atomic mass is 9.87. The molecule has 0 aliphatic heterocycles. The van der Waals surface area contributed by atoms with Crippen LogP contribution in [0.25, 0.3) is 11.1 Å². The molecule has 2 heteroatoms. The normalized spacial score (nSPS) is 13.9. The SMILES string of the molecule is CSC(C)(C)C(=O)C1c2ccccc2-c2ccccc21. The summed E-state index contributed by atoms with van der Waals surface area (Å²) >= 11 is 1.62. The molecule has 0 aromatic heterocycles. The Morgan fingerprint density at radius 2 is 1.40 bits per heavy atom. The highest BCUT2D eigenvalue weighted by Crippen LogP contribution is 2.47. The second-order valence-corrected chi connectivity index (χ2v) is 7.12. The average Bonchev–Trinajstić information content (AvgIpc) is 2.81. The Bertz CT molecular complexity index is 627. The standard InChI is InChI=1S/C18H18OS/c1-18(2,20-3)17(19)16-14-10-6-4-8-12(14)13-9-5-7-11-15(13)16/h4-11,16H,1-3H3. The zero-order valence-electron chi connectivity index (χ0n) is 12.0. The van der Waals surface area contributed by atoms with Gasteiger partial charge >= 0.3 is 0 Å². The van der Waals surface area contributed by atoms with Crippen molar-refractivity contribution >= 4 is 17.5 Å². The fourth-order valence-electron chi connectivity index (χ4n) is 2.89. The molecular formula is C18H18OS. The molecule has 0 bridgehead atoms. The van der Waals surface area contributed by atoms with E-state index in [0.717, 1.165) is 11.1 Å². The number of Topliss-reactive ketones (excluding diaryl/α,β-unsaturated/α-hetero) is 1. The average molecular weight is 282 g/mol. The topological polar surface area (TPSA) is 17.1 Å². The molecular weight excluding hydrogens is 264 g/mol. The molecule has 0 unspecified atom stereocenters. The summed E-state index contributed by atoms with van der Waals surface area (Å²) in [5.41, 5.74) is 4.72. The van der Waals surface area contributed by atoms with Gasteiger partial charge in [0.1, 0.15) is 0 Å². The van der Waals surface area contributed by atoms with Crippen LogP contribution in [0.5, 0.6) is 0 Å². The summed E-state index contributed by atoms with van der Waals surface area (Å²) in [7, 11) is 0. The van der Waals surface area contributed by atoms with E-state index in [0.29, 0.717) is 5.78 Å². The fraction of sp³-hybridized carbons (Fsp3) is 0.278. The van der Waals surface area contributed by atoms with Crippen molar-refractivity contribution in [3.8, 4) is 11.1 Å². The van der Waals surface area contributed by atoms with Gasteiger partial charge in [0.2, 0.25) is 0 Å². The number of hydrogen-bond donors (Lipinski definition) is 0. The molecule has 1 nitrogen and oxygen atoms in total. The van der Waals surface area contributed by atoms with Gasteiger partial charge in [0.25, 0.3) is 0 Å². The summed E-state index contributed by atoms with van der Waals surface area (Å²) in [5, 5.41) is 0. The van der Waals surface area contributed by atoms with Crippen LogP contribution < -0.4 is 0 Å². The van der Waals surface area contributed by atoms with Crippen LogP contribution in [0.15, 0.2) is 48.5 Å². The highest BCUT2D eigenvalue weighted by atomic mass is 32.2. The summed E-state index contributed by atoms with van der Waals surface area (Å²) < 4.78 is -0.366. The third kappa shape index (κ3) is 1.90. The summed E-state index contributed by atoms with van der Waals surface area (Å²) in [6.45, 7) is 4.03. The van der Waals surface area contributed by atoms with Crippen LogP contribution in [-0.4, -0.2) is 16.8 Å². The molecule has 0 N–H and O–H groups in total. The summed E-state index contributed by atoms with van der Waals surface area (Å²) in [4.78, 5) is 13.0. The van der Waals surface area contributed by atoms with Crippen molar-refractivity contribution in [3.05, 3.63) is 59.7 Å². The van der Waals surface area contributed by atoms with E-state index >= 15 is 0 Å². The Kier molecular flexibility index (Phi) is 3.21. The van der Waals surface area contributed by atoms with Crippen molar-refractivity contribution < 1.29 is 4.79 Å². The van der Waals surface area contributed by atoms with Crippen LogP contribution in [0.2, 0.25) is 0 Å². The first kappa shape index (κ1) is 13.4. The first-order chi connectivity index (χ1) is 9.56. The minimum Gasteiger partial charge on any atom is -0.297 e.